The van der Waals surface area contributed by atoms with Gasteiger partial charge in [-0.2, -0.15) is 0 Å². The molecule has 0 saturated heterocycles. The van der Waals surface area contributed by atoms with Crippen LogP contribution in [-0.2, 0) is 15.5 Å². The van der Waals surface area contributed by atoms with Gasteiger partial charge in [0.05, 0.1) is 6.61 Å². The fourth-order valence-electron chi connectivity index (χ4n) is 1.34. The Bertz CT molecular complexity index is 336. The van der Waals surface area contributed by atoms with E-state index in [0.29, 0.717) is 0 Å². The Morgan fingerprint density at radius 2 is 1.94 bits per heavy atom. The van der Waals surface area contributed by atoms with Gasteiger partial charge in [-0.15, -0.1) is 0 Å². The largest absolute Gasteiger partial charge is 0.466 e. The molecule has 0 amide bonds. The smallest absolute Gasteiger partial charge is 0.302 e. The van der Waals surface area contributed by atoms with E-state index < -0.39 is 11.9 Å². The van der Waals surface area contributed by atoms with Crippen LogP contribution in [0.1, 0.15) is 25.3 Å². The van der Waals surface area contributed by atoms with Gasteiger partial charge < -0.3 is 4.74 Å². The van der Waals surface area contributed by atoms with Gasteiger partial charge >= 0.3 is 5.97 Å². The van der Waals surface area contributed by atoms with Crippen LogP contribution in [0, 0.1) is 0 Å². The number of hydrogen-bond donors (Lipinski definition) is 0. The summed E-state index contributed by atoms with van der Waals surface area (Å²) in [5.74, 6) is -3.30. The van der Waals surface area contributed by atoms with E-state index in [9.17, 15) is 13.6 Å². The molecule has 2 nitrogen and oxygen atoms in total. The Hall–Kier alpha value is -1.45. The van der Waals surface area contributed by atoms with Gasteiger partial charge in [0.1, 0.15) is 0 Å². The van der Waals surface area contributed by atoms with Crippen LogP contribution in [0.5, 0.6) is 0 Å². The molecule has 0 aliphatic rings. The quantitative estimate of drug-likeness (QED) is 0.571. The average molecular weight is 228 g/mol. The minimum atomic E-state index is -2.86. The molecule has 0 aliphatic heterocycles. The van der Waals surface area contributed by atoms with Crippen LogP contribution in [0.2, 0.25) is 0 Å². The summed E-state index contributed by atoms with van der Waals surface area (Å²) in [6, 6.07) is 7.64. The average Bonchev–Trinajstić information content (AvgIpc) is 2.26. The van der Waals surface area contributed by atoms with Crippen LogP contribution in [0.15, 0.2) is 30.3 Å². The van der Waals surface area contributed by atoms with Crippen molar-refractivity contribution in [1.29, 1.82) is 0 Å². The molecule has 88 valence electrons. The van der Waals surface area contributed by atoms with Crippen LogP contribution in [0.4, 0.5) is 8.78 Å². The molecule has 0 unspecified atom stereocenters. The first-order valence-electron chi connectivity index (χ1n) is 5.09. The van der Waals surface area contributed by atoms with Crippen LogP contribution in [-0.4, -0.2) is 12.6 Å². The fraction of sp³-hybridized carbons (Fsp3) is 0.417. The number of hydrogen-bond acceptors (Lipinski definition) is 2. The second-order valence-electron chi connectivity index (χ2n) is 3.51. The van der Waals surface area contributed by atoms with E-state index in [1.807, 2.05) is 0 Å². The predicted octanol–water partition coefficient (Wildman–Crippen LogP) is 3.12. The second kappa shape index (κ2) is 5.58. The molecule has 0 bridgehead atoms. The minimum Gasteiger partial charge on any atom is -0.466 e. The molecule has 0 spiro atoms. The van der Waals surface area contributed by atoms with Gasteiger partial charge in [-0.05, 0) is 6.42 Å². The van der Waals surface area contributed by atoms with Crippen LogP contribution in [0.3, 0.4) is 0 Å². The Morgan fingerprint density at radius 1 is 1.31 bits per heavy atom. The molecule has 1 aromatic carbocycles. The van der Waals surface area contributed by atoms with E-state index in [4.69, 9.17) is 0 Å². The number of benzene rings is 1. The van der Waals surface area contributed by atoms with Gasteiger partial charge in [0.25, 0.3) is 5.92 Å². The van der Waals surface area contributed by atoms with Crippen molar-refractivity contribution < 1.29 is 18.3 Å². The Labute approximate surface area is 93.2 Å². The summed E-state index contributed by atoms with van der Waals surface area (Å²) < 4.78 is 31.7. The maximum atomic E-state index is 13.5. The number of esters is 1. The highest BCUT2D eigenvalue weighted by Crippen LogP contribution is 2.32. The highest BCUT2D eigenvalue weighted by Gasteiger charge is 2.30. The first-order valence-corrected chi connectivity index (χ1v) is 5.09. The summed E-state index contributed by atoms with van der Waals surface area (Å²) in [6.07, 6.45) is -0.161. The number of rotatable bonds is 5. The Kier molecular flexibility index (Phi) is 4.40. The van der Waals surface area contributed by atoms with Crippen LogP contribution in [0.25, 0.3) is 0 Å². The van der Waals surface area contributed by atoms with Gasteiger partial charge in [-0.25, -0.2) is 8.78 Å². The van der Waals surface area contributed by atoms with Crippen LogP contribution < -0.4 is 0 Å². The zero-order valence-electron chi connectivity index (χ0n) is 9.08. The maximum absolute atomic E-state index is 13.5. The number of alkyl halides is 2. The SMILES string of the molecule is CC(=O)OCCCC(F)(F)c1ccccc1. The molecule has 1 aromatic rings. The standard InChI is InChI=1S/C12H14F2O2/c1-10(15)16-9-5-8-12(13,14)11-6-3-2-4-7-11/h2-4,6-7H,5,8-9H2,1H3. The third kappa shape index (κ3) is 3.96. The van der Waals surface area contributed by atoms with Gasteiger partial charge in [0, 0.05) is 18.9 Å². The number of ether oxygens (including phenoxy) is 1. The molecule has 0 atom stereocenters. The summed E-state index contributed by atoms with van der Waals surface area (Å²) in [6.45, 7) is 1.30. The van der Waals surface area contributed by atoms with Gasteiger partial charge in [-0.3, -0.25) is 4.79 Å². The summed E-state index contributed by atoms with van der Waals surface area (Å²) in [5.41, 5.74) is -0.00201. The Morgan fingerprint density at radius 3 is 2.50 bits per heavy atom. The van der Waals surface area contributed by atoms with E-state index in [1.165, 1.54) is 19.1 Å². The van der Waals surface area contributed by atoms with E-state index in [-0.39, 0.29) is 25.0 Å². The summed E-state index contributed by atoms with van der Waals surface area (Å²) in [4.78, 5) is 10.4. The van der Waals surface area contributed by atoms with Crippen molar-refractivity contribution in [2.75, 3.05) is 6.61 Å². The first kappa shape index (κ1) is 12.6. The molecule has 0 aliphatic carbocycles. The van der Waals surface area contributed by atoms with E-state index >= 15 is 0 Å². The monoisotopic (exact) mass is 228 g/mol. The molecule has 0 N–H and O–H groups in total. The van der Waals surface area contributed by atoms with Gasteiger partial charge in [-0.1, -0.05) is 30.3 Å². The zero-order valence-corrected chi connectivity index (χ0v) is 9.08. The van der Waals surface area contributed by atoms with Crippen molar-refractivity contribution in [3.05, 3.63) is 35.9 Å². The van der Waals surface area contributed by atoms with Crippen molar-refractivity contribution in [1.82, 2.24) is 0 Å². The lowest BCUT2D eigenvalue weighted by Crippen LogP contribution is -2.14. The number of carbonyl (C=O) groups excluding carboxylic acids is 1. The van der Waals surface area contributed by atoms with Gasteiger partial charge in [0.15, 0.2) is 0 Å². The van der Waals surface area contributed by atoms with Crippen molar-refractivity contribution in [3.63, 3.8) is 0 Å². The molecule has 0 fully saturated rings. The van der Waals surface area contributed by atoms with Crippen molar-refractivity contribution in [3.8, 4) is 0 Å². The van der Waals surface area contributed by atoms with Crippen molar-refractivity contribution >= 4 is 5.97 Å². The summed E-state index contributed by atoms with van der Waals surface area (Å²) >= 11 is 0. The third-order valence-electron chi connectivity index (χ3n) is 2.14. The lowest BCUT2D eigenvalue weighted by Gasteiger charge is -2.16. The topological polar surface area (TPSA) is 26.3 Å². The molecule has 16 heavy (non-hydrogen) atoms. The molecule has 4 heteroatoms. The van der Waals surface area contributed by atoms with Crippen LogP contribution >= 0.6 is 0 Å². The fourth-order valence-corrected chi connectivity index (χ4v) is 1.34. The second-order valence-corrected chi connectivity index (χ2v) is 3.51. The Balaban J connectivity index is 2.43. The lowest BCUT2D eigenvalue weighted by atomic mass is 10.0. The highest BCUT2D eigenvalue weighted by molar-refractivity contribution is 5.65. The highest BCUT2D eigenvalue weighted by atomic mass is 19.3. The summed E-state index contributed by atoms with van der Waals surface area (Å²) in [5, 5.41) is 0. The predicted molar refractivity (Wildman–Crippen MR) is 56.2 cm³/mol. The number of halogens is 2. The molecule has 0 aromatic heterocycles. The van der Waals surface area contributed by atoms with E-state index in [0.717, 1.165) is 0 Å². The normalized spacial score (nSPS) is 11.2. The van der Waals surface area contributed by atoms with Gasteiger partial charge in [0.2, 0.25) is 0 Å². The molecule has 0 radical (unpaired) electrons. The van der Waals surface area contributed by atoms with E-state index in [2.05, 4.69) is 4.74 Å². The minimum absolute atomic E-state index is 0.00201. The molecular weight excluding hydrogens is 214 g/mol. The lowest BCUT2D eigenvalue weighted by molar-refractivity contribution is -0.141. The van der Waals surface area contributed by atoms with Crippen molar-refractivity contribution in [2.45, 2.75) is 25.7 Å². The maximum Gasteiger partial charge on any atom is 0.302 e. The first-order chi connectivity index (χ1) is 7.52. The molecule has 1 rings (SSSR count). The zero-order chi connectivity index (χ0) is 12.0. The molecular formula is C12H14F2O2. The van der Waals surface area contributed by atoms with Crippen molar-refractivity contribution in [2.24, 2.45) is 0 Å². The number of carbonyl (C=O) groups is 1. The molecule has 0 heterocycles. The molecule has 0 saturated carbocycles. The third-order valence-corrected chi connectivity index (χ3v) is 2.14. The summed E-state index contributed by atoms with van der Waals surface area (Å²) in [7, 11) is 0. The van der Waals surface area contributed by atoms with E-state index in [1.54, 1.807) is 18.2 Å².